The molecule has 1 aliphatic heterocycles. The summed E-state index contributed by atoms with van der Waals surface area (Å²) in [5, 5.41) is 0. The van der Waals surface area contributed by atoms with Gasteiger partial charge in [0.25, 0.3) is 0 Å². The van der Waals surface area contributed by atoms with Crippen molar-refractivity contribution in [1.82, 2.24) is 9.88 Å². The summed E-state index contributed by atoms with van der Waals surface area (Å²) in [6.07, 6.45) is 6.20. The Kier molecular flexibility index (Phi) is 4.14. The zero-order valence-electron chi connectivity index (χ0n) is 11.8. The Labute approximate surface area is 116 Å². The van der Waals surface area contributed by atoms with Crippen LogP contribution in [0.5, 0.6) is 0 Å². The lowest BCUT2D eigenvalue weighted by Gasteiger charge is -2.34. The predicted octanol–water partition coefficient (Wildman–Crippen LogP) is 2.64. The summed E-state index contributed by atoms with van der Waals surface area (Å²) < 4.78 is 5.79. The zero-order valence-corrected chi connectivity index (χ0v) is 11.8. The van der Waals surface area contributed by atoms with Crippen molar-refractivity contribution in [2.75, 3.05) is 26.3 Å². The molecule has 0 aromatic carbocycles. The van der Waals surface area contributed by atoms with Crippen molar-refractivity contribution in [3.05, 3.63) is 29.6 Å². The Balaban J connectivity index is 1.60. The van der Waals surface area contributed by atoms with E-state index in [1.807, 2.05) is 6.20 Å². The third-order valence-electron chi connectivity index (χ3n) is 4.55. The molecule has 1 aromatic heterocycles. The fourth-order valence-electron chi connectivity index (χ4n) is 3.07. The molecule has 0 N–H and O–H groups in total. The first-order valence-corrected chi connectivity index (χ1v) is 7.53. The lowest BCUT2D eigenvalue weighted by molar-refractivity contribution is 0.0769. The van der Waals surface area contributed by atoms with E-state index in [9.17, 15) is 0 Å². The van der Waals surface area contributed by atoms with E-state index in [0.717, 1.165) is 38.1 Å². The van der Waals surface area contributed by atoms with Gasteiger partial charge in [0.15, 0.2) is 0 Å². The van der Waals surface area contributed by atoms with Crippen LogP contribution in [0.15, 0.2) is 18.3 Å². The van der Waals surface area contributed by atoms with Crippen LogP contribution >= 0.6 is 0 Å². The first-order chi connectivity index (χ1) is 9.31. The lowest BCUT2D eigenvalue weighted by Crippen LogP contribution is -2.35. The summed E-state index contributed by atoms with van der Waals surface area (Å²) in [6, 6.07) is 4.31. The Morgan fingerprint density at radius 3 is 2.89 bits per heavy atom. The summed E-state index contributed by atoms with van der Waals surface area (Å²) in [4.78, 5) is 7.05. The number of rotatable bonds is 3. The van der Waals surface area contributed by atoms with Gasteiger partial charge in [0.2, 0.25) is 0 Å². The number of aromatic nitrogens is 1. The van der Waals surface area contributed by atoms with Crippen LogP contribution in [0, 0.1) is 18.8 Å². The largest absolute Gasteiger partial charge is 0.380 e. The third-order valence-corrected chi connectivity index (χ3v) is 4.55. The minimum atomic E-state index is 0.738. The van der Waals surface area contributed by atoms with Gasteiger partial charge < -0.3 is 4.74 Å². The first-order valence-electron chi connectivity index (χ1n) is 7.53. The minimum absolute atomic E-state index is 0.738. The minimum Gasteiger partial charge on any atom is -0.380 e. The van der Waals surface area contributed by atoms with Crippen molar-refractivity contribution >= 4 is 0 Å². The molecule has 1 saturated carbocycles. The van der Waals surface area contributed by atoms with Gasteiger partial charge in [-0.25, -0.2) is 0 Å². The maximum Gasteiger partial charge on any atom is 0.0593 e. The fraction of sp³-hybridized carbons (Fsp3) is 0.688. The van der Waals surface area contributed by atoms with Gasteiger partial charge in [0, 0.05) is 25.8 Å². The highest BCUT2D eigenvalue weighted by atomic mass is 16.5. The standard InChI is InChI=1S/C16H24N2O/c1-13-5-6-16(17-9-13)11-18-7-8-19-12-15(10-18)14-3-2-4-14/h5-6,9,14-15H,2-4,7-8,10-12H2,1H3. The number of ether oxygens (including phenoxy) is 1. The van der Waals surface area contributed by atoms with E-state index in [0.29, 0.717) is 0 Å². The van der Waals surface area contributed by atoms with E-state index in [4.69, 9.17) is 4.74 Å². The van der Waals surface area contributed by atoms with Crippen LogP contribution in [-0.4, -0.2) is 36.2 Å². The molecule has 0 radical (unpaired) electrons. The van der Waals surface area contributed by atoms with Crippen LogP contribution in [0.4, 0.5) is 0 Å². The average Bonchev–Trinajstić information content (AvgIpc) is 2.56. The second-order valence-electron chi connectivity index (χ2n) is 6.09. The summed E-state index contributed by atoms with van der Waals surface area (Å²) in [5.41, 5.74) is 2.41. The summed E-state index contributed by atoms with van der Waals surface area (Å²) in [5.74, 6) is 1.65. The zero-order chi connectivity index (χ0) is 13.1. The van der Waals surface area contributed by atoms with Crippen molar-refractivity contribution in [3.63, 3.8) is 0 Å². The topological polar surface area (TPSA) is 25.4 Å². The van der Waals surface area contributed by atoms with Gasteiger partial charge in [-0.2, -0.15) is 0 Å². The quantitative estimate of drug-likeness (QED) is 0.835. The van der Waals surface area contributed by atoms with Crippen molar-refractivity contribution in [1.29, 1.82) is 0 Å². The molecule has 0 spiro atoms. The molecule has 1 unspecified atom stereocenters. The molecule has 1 saturated heterocycles. The second-order valence-corrected chi connectivity index (χ2v) is 6.09. The van der Waals surface area contributed by atoms with E-state index in [-0.39, 0.29) is 0 Å². The van der Waals surface area contributed by atoms with Crippen LogP contribution in [0.25, 0.3) is 0 Å². The number of nitrogens with zero attached hydrogens (tertiary/aromatic N) is 2. The molecule has 2 aliphatic rings. The van der Waals surface area contributed by atoms with Gasteiger partial charge >= 0.3 is 0 Å². The van der Waals surface area contributed by atoms with Crippen LogP contribution in [0.3, 0.4) is 0 Å². The molecule has 0 amide bonds. The summed E-state index contributed by atoms with van der Waals surface area (Å²) in [7, 11) is 0. The van der Waals surface area contributed by atoms with Crippen LogP contribution in [-0.2, 0) is 11.3 Å². The Hall–Kier alpha value is -0.930. The first kappa shape index (κ1) is 13.1. The van der Waals surface area contributed by atoms with Gasteiger partial charge in [-0.1, -0.05) is 25.3 Å². The molecule has 19 heavy (non-hydrogen) atoms. The molecule has 2 fully saturated rings. The highest BCUT2D eigenvalue weighted by Crippen LogP contribution is 2.34. The number of hydrogen-bond donors (Lipinski definition) is 0. The highest BCUT2D eigenvalue weighted by Gasteiger charge is 2.30. The van der Waals surface area contributed by atoms with E-state index in [1.54, 1.807) is 0 Å². The molecule has 3 rings (SSSR count). The lowest BCUT2D eigenvalue weighted by atomic mass is 9.76. The molecule has 1 aliphatic carbocycles. The second kappa shape index (κ2) is 6.02. The van der Waals surface area contributed by atoms with Crippen molar-refractivity contribution in [2.24, 2.45) is 11.8 Å². The van der Waals surface area contributed by atoms with Crippen molar-refractivity contribution in [3.8, 4) is 0 Å². The smallest absolute Gasteiger partial charge is 0.0593 e. The molecule has 3 nitrogen and oxygen atoms in total. The van der Waals surface area contributed by atoms with Crippen molar-refractivity contribution in [2.45, 2.75) is 32.7 Å². The Morgan fingerprint density at radius 1 is 1.32 bits per heavy atom. The van der Waals surface area contributed by atoms with E-state index >= 15 is 0 Å². The summed E-state index contributed by atoms with van der Waals surface area (Å²) in [6.45, 7) is 7.10. The molecule has 0 bridgehead atoms. The van der Waals surface area contributed by atoms with Gasteiger partial charge in [0.1, 0.15) is 0 Å². The predicted molar refractivity (Wildman–Crippen MR) is 75.9 cm³/mol. The molecule has 2 heterocycles. The van der Waals surface area contributed by atoms with Crippen LogP contribution < -0.4 is 0 Å². The van der Waals surface area contributed by atoms with Gasteiger partial charge in [-0.3, -0.25) is 9.88 Å². The molecule has 1 atom stereocenters. The molecular weight excluding hydrogens is 236 g/mol. The molecule has 1 aromatic rings. The van der Waals surface area contributed by atoms with Gasteiger partial charge in [-0.05, 0) is 30.4 Å². The van der Waals surface area contributed by atoms with Crippen molar-refractivity contribution < 1.29 is 4.74 Å². The number of hydrogen-bond acceptors (Lipinski definition) is 3. The monoisotopic (exact) mass is 260 g/mol. The van der Waals surface area contributed by atoms with Gasteiger partial charge in [-0.15, -0.1) is 0 Å². The molecule has 104 valence electrons. The molecule has 3 heteroatoms. The van der Waals surface area contributed by atoms with E-state index < -0.39 is 0 Å². The molecular formula is C16H24N2O. The van der Waals surface area contributed by atoms with Crippen LogP contribution in [0.1, 0.15) is 30.5 Å². The average molecular weight is 260 g/mol. The van der Waals surface area contributed by atoms with Gasteiger partial charge in [0.05, 0.1) is 18.9 Å². The Bertz CT molecular complexity index is 400. The Morgan fingerprint density at radius 2 is 2.21 bits per heavy atom. The maximum atomic E-state index is 5.79. The van der Waals surface area contributed by atoms with Crippen LogP contribution in [0.2, 0.25) is 0 Å². The maximum absolute atomic E-state index is 5.79. The van der Waals surface area contributed by atoms with E-state index in [1.165, 1.54) is 37.1 Å². The SMILES string of the molecule is Cc1ccc(CN2CCOCC(C3CCC3)C2)nc1. The number of aryl methyl sites for hydroxylation is 1. The normalized spacial score (nSPS) is 25.8. The highest BCUT2D eigenvalue weighted by molar-refractivity contribution is 5.12. The third kappa shape index (κ3) is 3.34. The summed E-state index contributed by atoms with van der Waals surface area (Å²) >= 11 is 0. The fourth-order valence-corrected chi connectivity index (χ4v) is 3.07. The number of pyridine rings is 1. The van der Waals surface area contributed by atoms with E-state index in [2.05, 4.69) is 28.9 Å².